The molecule has 0 atom stereocenters. The molecule has 0 spiro atoms. The van der Waals surface area contributed by atoms with Gasteiger partial charge in [-0.3, -0.25) is 0 Å². The van der Waals surface area contributed by atoms with Crippen LogP contribution >= 0.6 is 0 Å². The van der Waals surface area contributed by atoms with E-state index in [9.17, 15) is 0 Å². The van der Waals surface area contributed by atoms with Crippen LogP contribution in [-0.2, 0) is 6.61 Å². The van der Waals surface area contributed by atoms with E-state index < -0.39 is 0 Å². The molecule has 0 fully saturated rings. The highest BCUT2D eigenvalue weighted by Crippen LogP contribution is 2.27. The maximum atomic E-state index is 6.10. The lowest BCUT2D eigenvalue weighted by Crippen LogP contribution is -2.03. The summed E-state index contributed by atoms with van der Waals surface area (Å²) in [5.41, 5.74) is 7.83. The van der Waals surface area contributed by atoms with Crippen molar-refractivity contribution in [3.63, 3.8) is 0 Å². The summed E-state index contributed by atoms with van der Waals surface area (Å²) in [5.74, 6) is 1.80. The lowest BCUT2D eigenvalue weighted by atomic mass is 10.1. The number of hydrogen-bond donors (Lipinski definition) is 2. The molecule has 0 radical (unpaired) electrons. The molecule has 0 aliphatic heterocycles. The monoisotopic (exact) mass is 335 g/mol. The van der Waals surface area contributed by atoms with E-state index in [0.717, 1.165) is 39.8 Å². The first-order chi connectivity index (χ1) is 12.0. The van der Waals surface area contributed by atoms with Crippen LogP contribution in [0.2, 0.25) is 0 Å². The van der Waals surface area contributed by atoms with E-state index in [1.807, 2.05) is 27.0 Å². The molecule has 0 saturated carbocycles. The Morgan fingerprint density at radius 2 is 1.84 bits per heavy atom. The van der Waals surface area contributed by atoms with Crippen molar-refractivity contribution < 1.29 is 4.74 Å². The second-order valence-corrected chi connectivity index (χ2v) is 6.42. The number of aryl methyl sites for hydroxylation is 4. The lowest BCUT2D eigenvalue weighted by molar-refractivity contribution is 0.304. The molecule has 0 bridgehead atoms. The summed E-state index contributed by atoms with van der Waals surface area (Å²) >= 11 is 0. The van der Waals surface area contributed by atoms with Gasteiger partial charge >= 0.3 is 0 Å². The third-order valence-electron chi connectivity index (χ3n) is 4.63. The van der Waals surface area contributed by atoms with Crippen LogP contribution in [0.5, 0.6) is 5.75 Å². The van der Waals surface area contributed by atoms with Crippen molar-refractivity contribution in [2.75, 3.05) is 12.4 Å². The van der Waals surface area contributed by atoms with Crippen LogP contribution in [0.3, 0.4) is 0 Å². The van der Waals surface area contributed by atoms with E-state index in [-0.39, 0.29) is 0 Å². The Morgan fingerprint density at radius 3 is 2.48 bits per heavy atom. The average molecular weight is 335 g/mol. The standard InChI is InChI=1S/C21H25N3O/c1-13-7-6-8-19(22-5)18(13)12-25-20-10-9-17(11-14(20)2)21-23-15(3)16(4)24-21/h6-11,22H,12H2,1-5H3,(H,23,24). The Bertz CT molecular complexity index is 877. The lowest BCUT2D eigenvalue weighted by Gasteiger charge is -2.15. The van der Waals surface area contributed by atoms with Crippen LogP contribution in [0.25, 0.3) is 11.4 Å². The summed E-state index contributed by atoms with van der Waals surface area (Å²) in [7, 11) is 1.94. The smallest absolute Gasteiger partial charge is 0.137 e. The first kappa shape index (κ1) is 17.1. The Balaban J connectivity index is 1.81. The molecule has 3 rings (SSSR count). The van der Waals surface area contributed by atoms with Crippen molar-refractivity contribution >= 4 is 5.69 Å². The highest BCUT2D eigenvalue weighted by molar-refractivity contribution is 5.59. The number of ether oxygens (including phenoxy) is 1. The summed E-state index contributed by atoms with van der Waals surface area (Å²) < 4.78 is 6.10. The molecule has 1 heterocycles. The molecule has 0 amide bonds. The van der Waals surface area contributed by atoms with Crippen molar-refractivity contribution in [1.29, 1.82) is 0 Å². The minimum Gasteiger partial charge on any atom is -0.489 e. The number of hydrogen-bond acceptors (Lipinski definition) is 3. The van der Waals surface area contributed by atoms with E-state index in [1.54, 1.807) is 0 Å². The van der Waals surface area contributed by atoms with E-state index >= 15 is 0 Å². The first-order valence-corrected chi connectivity index (χ1v) is 8.53. The van der Waals surface area contributed by atoms with Crippen molar-refractivity contribution in [2.24, 2.45) is 0 Å². The number of aromatic nitrogens is 2. The molecule has 130 valence electrons. The van der Waals surface area contributed by atoms with Gasteiger partial charge in [0.25, 0.3) is 0 Å². The van der Waals surface area contributed by atoms with Gasteiger partial charge in [-0.15, -0.1) is 0 Å². The fourth-order valence-corrected chi connectivity index (χ4v) is 2.92. The van der Waals surface area contributed by atoms with Crippen LogP contribution in [0.15, 0.2) is 36.4 Å². The van der Waals surface area contributed by atoms with E-state index in [1.165, 1.54) is 11.1 Å². The summed E-state index contributed by atoms with van der Waals surface area (Å²) in [5, 5.41) is 3.23. The van der Waals surface area contributed by atoms with Crippen LogP contribution in [0, 0.1) is 27.7 Å². The zero-order chi connectivity index (χ0) is 18.0. The normalized spacial score (nSPS) is 10.8. The largest absolute Gasteiger partial charge is 0.489 e. The topological polar surface area (TPSA) is 49.9 Å². The summed E-state index contributed by atoms with van der Waals surface area (Å²) in [4.78, 5) is 7.90. The Hall–Kier alpha value is -2.75. The molecule has 4 nitrogen and oxygen atoms in total. The van der Waals surface area contributed by atoms with Crippen molar-refractivity contribution in [3.05, 3.63) is 64.5 Å². The Morgan fingerprint density at radius 1 is 1.04 bits per heavy atom. The van der Waals surface area contributed by atoms with Crippen molar-refractivity contribution in [1.82, 2.24) is 9.97 Å². The predicted octanol–water partition coefficient (Wildman–Crippen LogP) is 4.93. The third-order valence-corrected chi connectivity index (χ3v) is 4.63. The fraction of sp³-hybridized carbons (Fsp3) is 0.286. The van der Waals surface area contributed by atoms with Gasteiger partial charge in [0.05, 0.1) is 5.69 Å². The third kappa shape index (κ3) is 3.53. The first-order valence-electron chi connectivity index (χ1n) is 8.53. The molecule has 2 N–H and O–H groups in total. The van der Waals surface area contributed by atoms with Crippen LogP contribution in [-0.4, -0.2) is 17.0 Å². The van der Waals surface area contributed by atoms with Gasteiger partial charge in [-0.2, -0.15) is 0 Å². The number of H-pyrrole nitrogens is 1. The van der Waals surface area contributed by atoms with Crippen molar-refractivity contribution in [3.8, 4) is 17.1 Å². The Kier molecular flexibility index (Phi) is 4.79. The molecule has 2 aromatic carbocycles. The quantitative estimate of drug-likeness (QED) is 0.695. The van der Waals surface area contributed by atoms with Gasteiger partial charge in [-0.05, 0) is 63.1 Å². The summed E-state index contributed by atoms with van der Waals surface area (Å²) in [6.45, 7) is 8.77. The van der Waals surface area contributed by atoms with Gasteiger partial charge in [0, 0.05) is 29.6 Å². The number of nitrogens with one attached hydrogen (secondary N) is 2. The molecule has 0 saturated heterocycles. The van der Waals surface area contributed by atoms with Gasteiger partial charge in [0.1, 0.15) is 18.2 Å². The molecular weight excluding hydrogens is 310 g/mol. The van der Waals surface area contributed by atoms with Crippen molar-refractivity contribution in [2.45, 2.75) is 34.3 Å². The highest BCUT2D eigenvalue weighted by atomic mass is 16.5. The van der Waals surface area contributed by atoms with Gasteiger partial charge < -0.3 is 15.0 Å². The molecule has 0 aliphatic rings. The number of rotatable bonds is 5. The predicted molar refractivity (Wildman–Crippen MR) is 103 cm³/mol. The number of nitrogens with zero attached hydrogens (tertiary/aromatic N) is 1. The van der Waals surface area contributed by atoms with Gasteiger partial charge in [0.2, 0.25) is 0 Å². The number of aromatic amines is 1. The van der Waals surface area contributed by atoms with E-state index in [2.05, 4.69) is 59.5 Å². The van der Waals surface area contributed by atoms with E-state index in [0.29, 0.717) is 6.61 Å². The zero-order valence-electron chi connectivity index (χ0n) is 15.5. The second-order valence-electron chi connectivity index (χ2n) is 6.42. The molecular formula is C21H25N3O. The molecule has 0 unspecified atom stereocenters. The summed E-state index contributed by atoms with van der Waals surface area (Å²) in [6.07, 6.45) is 0. The Labute approximate surface area is 149 Å². The molecule has 3 aromatic rings. The SMILES string of the molecule is CNc1cccc(C)c1COc1ccc(-c2nc(C)c(C)[nH]2)cc1C. The highest BCUT2D eigenvalue weighted by Gasteiger charge is 2.10. The maximum Gasteiger partial charge on any atom is 0.137 e. The minimum atomic E-state index is 0.544. The van der Waals surface area contributed by atoms with Gasteiger partial charge in [-0.1, -0.05) is 12.1 Å². The van der Waals surface area contributed by atoms with Crippen LogP contribution < -0.4 is 10.1 Å². The number of imidazole rings is 1. The van der Waals surface area contributed by atoms with Crippen LogP contribution in [0.1, 0.15) is 28.1 Å². The minimum absolute atomic E-state index is 0.544. The van der Waals surface area contributed by atoms with Gasteiger partial charge in [-0.25, -0.2) is 4.98 Å². The number of benzene rings is 2. The number of anilines is 1. The molecule has 0 aliphatic carbocycles. The fourth-order valence-electron chi connectivity index (χ4n) is 2.92. The van der Waals surface area contributed by atoms with E-state index in [4.69, 9.17) is 4.74 Å². The average Bonchev–Trinajstić information content (AvgIpc) is 2.93. The zero-order valence-corrected chi connectivity index (χ0v) is 15.5. The molecule has 25 heavy (non-hydrogen) atoms. The second kappa shape index (κ2) is 7.01. The molecule has 1 aromatic heterocycles. The van der Waals surface area contributed by atoms with Crippen LogP contribution in [0.4, 0.5) is 5.69 Å². The van der Waals surface area contributed by atoms with Gasteiger partial charge in [0.15, 0.2) is 0 Å². The molecule has 4 heteroatoms. The maximum absolute atomic E-state index is 6.10. The summed E-state index contributed by atoms with van der Waals surface area (Å²) in [6, 6.07) is 12.4.